The van der Waals surface area contributed by atoms with Crippen molar-refractivity contribution < 1.29 is 9.50 Å². The van der Waals surface area contributed by atoms with Gasteiger partial charge in [-0.15, -0.1) is 11.3 Å². The molecular weight excluding hydrogens is 265 g/mol. The van der Waals surface area contributed by atoms with Crippen LogP contribution in [0.25, 0.3) is 0 Å². The van der Waals surface area contributed by atoms with Crippen molar-refractivity contribution in [2.75, 3.05) is 11.9 Å². The molecule has 0 saturated carbocycles. The second-order valence-corrected chi connectivity index (χ2v) is 5.39. The molecule has 4 nitrogen and oxygen atoms in total. The SMILES string of the molecule is CCc1ncnc(NCC(C)(O)c2cccs2)c1F. The van der Waals surface area contributed by atoms with Crippen LogP contribution in [0.5, 0.6) is 0 Å². The van der Waals surface area contributed by atoms with Gasteiger partial charge < -0.3 is 10.4 Å². The zero-order valence-corrected chi connectivity index (χ0v) is 11.7. The Bertz CT molecular complexity index is 543. The largest absolute Gasteiger partial charge is 0.383 e. The number of thiophene rings is 1. The third-order valence-electron chi connectivity index (χ3n) is 2.85. The van der Waals surface area contributed by atoms with Crippen LogP contribution in [0.3, 0.4) is 0 Å². The number of nitrogens with zero attached hydrogens (tertiary/aromatic N) is 2. The minimum absolute atomic E-state index is 0.128. The molecule has 0 fully saturated rings. The van der Waals surface area contributed by atoms with Gasteiger partial charge in [0.1, 0.15) is 11.9 Å². The summed E-state index contributed by atoms with van der Waals surface area (Å²) in [5.74, 6) is -0.323. The van der Waals surface area contributed by atoms with Crippen LogP contribution in [-0.2, 0) is 12.0 Å². The van der Waals surface area contributed by atoms with E-state index >= 15 is 0 Å². The van der Waals surface area contributed by atoms with Gasteiger partial charge in [0.2, 0.25) is 0 Å². The van der Waals surface area contributed by atoms with Crippen molar-refractivity contribution in [2.45, 2.75) is 25.9 Å². The fraction of sp³-hybridized carbons (Fsp3) is 0.385. The predicted octanol–water partition coefficient (Wildman–Crippen LogP) is 2.56. The Morgan fingerprint density at radius 1 is 1.47 bits per heavy atom. The van der Waals surface area contributed by atoms with E-state index in [1.807, 2.05) is 24.4 Å². The van der Waals surface area contributed by atoms with Crippen LogP contribution in [0.15, 0.2) is 23.8 Å². The topological polar surface area (TPSA) is 58.0 Å². The van der Waals surface area contributed by atoms with Crippen LogP contribution in [0, 0.1) is 5.82 Å². The third kappa shape index (κ3) is 3.08. The lowest BCUT2D eigenvalue weighted by atomic mass is 10.1. The first-order valence-corrected chi connectivity index (χ1v) is 6.92. The molecule has 2 aromatic rings. The maximum atomic E-state index is 13.9. The predicted molar refractivity (Wildman–Crippen MR) is 73.7 cm³/mol. The number of hydrogen-bond acceptors (Lipinski definition) is 5. The molecule has 0 spiro atoms. The van der Waals surface area contributed by atoms with Crippen LogP contribution in [-0.4, -0.2) is 21.6 Å². The highest BCUT2D eigenvalue weighted by molar-refractivity contribution is 7.10. The monoisotopic (exact) mass is 281 g/mol. The molecule has 2 aromatic heterocycles. The lowest BCUT2D eigenvalue weighted by molar-refractivity contribution is 0.0752. The molecule has 0 amide bonds. The normalized spacial score (nSPS) is 14.1. The molecule has 1 atom stereocenters. The standard InChI is InChI=1S/C13H16FN3OS/c1-3-9-11(14)12(17-8-16-9)15-7-13(2,18)10-5-4-6-19-10/h4-6,8,18H,3,7H2,1-2H3,(H,15,16,17). The van der Waals surface area contributed by atoms with Crippen molar-refractivity contribution in [3.63, 3.8) is 0 Å². The van der Waals surface area contributed by atoms with Crippen LogP contribution >= 0.6 is 11.3 Å². The quantitative estimate of drug-likeness (QED) is 0.884. The Morgan fingerprint density at radius 3 is 2.89 bits per heavy atom. The van der Waals surface area contributed by atoms with E-state index in [0.717, 1.165) is 4.88 Å². The summed E-state index contributed by atoms with van der Waals surface area (Å²) in [6, 6.07) is 3.72. The van der Waals surface area contributed by atoms with E-state index in [4.69, 9.17) is 0 Å². The van der Waals surface area contributed by atoms with Crippen molar-refractivity contribution in [1.29, 1.82) is 0 Å². The number of rotatable bonds is 5. The summed E-state index contributed by atoms with van der Waals surface area (Å²) in [5.41, 5.74) is -0.689. The number of aromatic nitrogens is 2. The molecule has 0 aromatic carbocycles. The van der Waals surface area contributed by atoms with E-state index in [9.17, 15) is 9.50 Å². The van der Waals surface area contributed by atoms with Gasteiger partial charge in [-0.1, -0.05) is 13.0 Å². The van der Waals surface area contributed by atoms with Gasteiger partial charge >= 0.3 is 0 Å². The van der Waals surface area contributed by atoms with E-state index in [1.165, 1.54) is 17.7 Å². The molecule has 19 heavy (non-hydrogen) atoms. The van der Waals surface area contributed by atoms with Crippen molar-refractivity contribution >= 4 is 17.2 Å². The Hall–Kier alpha value is -1.53. The summed E-state index contributed by atoms with van der Waals surface area (Å²) in [6.45, 7) is 3.70. The van der Waals surface area contributed by atoms with Gasteiger partial charge in [-0.25, -0.2) is 14.4 Å². The second-order valence-electron chi connectivity index (χ2n) is 4.44. The molecule has 0 aliphatic carbocycles. The van der Waals surface area contributed by atoms with E-state index in [1.54, 1.807) is 6.92 Å². The number of hydrogen-bond donors (Lipinski definition) is 2. The highest BCUT2D eigenvalue weighted by Crippen LogP contribution is 2.26. The summed E-state index contributed by atoms with van der Waals surface area (Å²) in [4.78, 5) is 8.56. The van der Waals surface area contributed by atoms with E-state index in [2.05, 4.69) is 15.3 Å². The minimum atomic E-state index is -1.06. The average molecular weight is 281 g/mol. The molecule has 0 bridgehead atoms. The van der Waals surface area contributed by atoms with Crippen molar-refractivity contribution in [3.8, 4) is 0 Å². The lowest BCUT2D eigenvalue weighted by Crippen LogP contribution is -2.30. The first-order chi connectivity index (χ1) is 9.04. The summed E-state index contributed by atoms with van der Waals surface area (Å²) >= 11 is 1.46. The van der Waals surface area contributed by atoms with Crippen molar-refractivity contribution in [3.05, 3.63) is 40.2 Å². The van der Waals surface area contributed by atoms with Gasteiger partial charge in [0.25, 0.3) is 0 Å². The minimum Gasteiger partial charge on any atom is -0.383 e. The van der Waals surface area contributed by atoms with Gasteiger partial charge in [0.05, 0.1) is 5.69 Å². The molecule has 0 aliphatic heterocycles. The first-order valence-electron chi connectivity index (χ1n) is 6.04. The Morgan fingerprint density at radius 2 is 2.26 bits per heavy atom. The highest BCUT2D eigenvalue weighted by atomic mass is 32.1. The number of anilines is 1. The summed E-state index contributed by atoms with van der Waals surface area (Å²) in [5, 5.41) is 15.1. The smallest absolute Gasteiger partial charge is 0.186 e. The van der Waals surface area contributed by atoms with Crippen molar-refractivity contribution in [2.24, 2.45) is 0 Å². The molecule has 2 N–H and O–H groups in total. The molecule has 2 rings (SSSR count). The summed E-state index contributed by atoms with van der Waals surface area (Å²) in [7, 11) is 0. The second kappa shape index (κ2) is 5.63. The third-order valence-corrected chi connectivity index (χ3v) is 3.97. The van der Waals surface area contributed by atoms with Crippen LogP contribution < -0.4 is 5.32 Å². The zero-order chi connectivity index (χ0) is 13.9. The summed E-state index contributed by atoms with van der Waals surface area (Å²) in [6.07, 6.45) is 1.83. The number of nitrogens with one attached hydrogen (secondary N) is 1. The molecule has 2 heterocycles. The van der Waals surface area contributed by atoms with Crippen molar-refractivity contribution in [1.82, 2.24) is 9.97 Å². The van der Waals surface area contributed by atoms with Gasteiger partial charge in [-0.3, -0.25) is 0 Å². The summed E-state index contributed by atoms with van der Waals surface area (Å²) < 4.78 is 13.9. The van der Waals surface area contributed by atoms with Gasteiger partial charge in [0.15, 0.2) is 11.6 Å². The molecule has 0 saturated heterocycles. The number of aliphatic hydroxyl groups is 1. The maximum Gasteiger partial charge on any atom is 0.186 e. The average Bonchev–Trinajstić information content (AvgIpc) is 2.92. The Balaban J connectivity index is 2.11. The fourth-order valence-corrected chi connectivity index (χ4v) is 2.49. The zero-order valence-electron chi connectivity index (χ0n) is 10.9. The molecule has 0 radical (unpaired) electrons. The van der Waals surface area contributed by atoms with Crippen LogP contribution in [0.2, 0.25) is 0 Å². The maximum absolute atomic E-state index is 13.9. The lowest BCUT2D eigenvalue weighted by Gasteiger charge is -2.22. The molecule has 6 heteroatoms. The van der Waals surface area contributed by atoms with E-state index in [0.29, 0.717) is 12.1 Å². The van der Waals surface area contributed by atoms with E-state index < -0.39 is 11.4 Å². The van der Waals surface area contributed by atoms with Gasteiger partial charge in [-0.2, -0.15) is 0 Å². The van der Waals surface area contributed by atoms with Gasteiger partial charge in [-0.05, 0) is 24.8 Å². The first kappa shape index (κ1) is 13.9. The van der Waals surface area contributed by atoms with Gasteiger partial charge in [0, 0.05) is 11.4 Å². The van der Waals surface area contributed by atoms with Crippen LogP contribution in [0.1, 0.15) is 24.4 Å². The van der Waals surface area contributed by atoms with Crippen LogP contribution in [0.4, 0.5) is 10.2 Å². The number of halogens is 1. The molecule has 102 valence electrons. The highest BCUT2D eigenvalue weighted by Gasteiger charge is 2.24. The number of aryl methyl sites for hydroxylation is 1. The molecular formula is C13H16FN3OS. The Labute approximate surface area is 115 Å². The fourth-order valence-electron chi connectivity index (χ4n) is 1.70. The molecule has 1 unspecified atom stereocenters. The molecule has 0 aliphatic rings. The van der Waals surface area contributed by atoms with E-state index in [-0.39, 0.29) is 12.4 Å². The Kier molecular flexibility index (Phi) is 4.11.